The third kappa shape index (κ3) is 8.62. The van der Waals surface area contributed by atoms with Gasteiger partial charge >= 0.3 is 0 Å². The Kier molecular flexibility index (Phi) is 9.64. The summed E-state index contributed by atoms with van der Waals surface area (Å²) in [5.41, 5.74) is 5.33. The van der Waals surface area contributed by atoms with Crippen molar-refractivity contribution in [2.75, 3.05) is 13.2 Å². The predicted molar refractivity (Wildman–Crippen MR) is 117 cm³/mol. The second-order valence-corrected chi connectivity index (χ2v) is 7.56. The Morgan fingerprint density at radius 2 is 1.71 bits per heavy atom. The lowest BCUT2D eigenvalue weighted by molar-refractivity contribution is 0.148. The van der Waals surface area contributed by atoms with Gasteiger partial charge in [-0.2, -0.15) is 0 Å². The molecule has 1 aliphatic heterocycles. The Bertz CT molecular complexity index is 734. The van der Waals surface area contributed by atoms with E-state index in [0.29, 0.717) is 19.8 Å². The molecule has 3 nitrogen and oxygen atoms in total. The van der Waals surface area contributed by atoms with Crippen molar-refractivity contribution in [2.24, 2.45) is 0 Å². The second kappa shape index (κ2) is 12.2. The van der Waals surface area contributed by atoms with Crippen molar-refractivity contribution in [3.63, 3.8) is 0 Å². The van der Waals surface area contributed by atoms with Crippen molar-refractivity contribution in [1.82, 2.24) is 0 Å². The molecule has 0 bridgehead atoms. The largest absolute Gasteiger partial charge is 0.485 e. The Balaban J connectivity index is 1.67. The summed E-state index contributed by atoms with van der Waals surface area (Å²) in [7, 11) is 0. The first kappa shape index (κ1) is 22.0. The first-order valence-corrected chi connectivity index (χ1v) is 10.1. The highest BCUT2D eigenvalue weighted by Gasteiger charge is 2.08. The Hall–Kier alpha value is -2.26. The van der Waals surface area contributed by atoms with E-state index in [1.54, 1.807) is 6.26 Å². The molecule has 0 unspecified atom stereocenters. The van der Waals surface area contributed by atoms with Crippen molar-refractivity contribution in [1.29, 1.82) is 0 Å². The fourth-order valence-corrected chi connectivity index (χ4v) is 2.87. The molecule has 0 aliphatic carbocycles. The van der Waals surface area contributed by atoms with Crippen molar-refractivity contribution in [2.45, 2.75) is 60.0 Å². The predicted octanol–water partition coefficient (Wildman–Crippen LogP) is 6.91. The van der Waals surface area contributed by atoms with Gasteiger partial charge in [0.05, 0.1) is 19.5 Å². The summed E-state index contributed by atoms with van der Waals surface area (Å²) in [5.74, 6) is 1.52. The van der Waals surface area contributed by atoms with Crippen LogP contribution in [0.5, 0.6) is 11.5 Å². The second-order valence-electron chi connectivity index (χ2n) is 7.56. The molecule has 0 amide bonds. The van der Waals surface area contributed by atoms with Crippen LogP contribution in [0.3, 0.4) is 0 Å². The smallest absolute Gasteiger partial charge is 0.168 e. The molecule has 0 saturated heterocycles. The SMILES string of the molecule is CC(C)=CCC/C(C)=C/CC/C(C)=C/COCc1ccc2c(c1)OC=CCO2. The highest BCUT2D eigenvalue weighted by atomic mass is 16.5. The molecule has 0 radical (unpaired) electrons. The van der Waals surface area contributed by atoms with Crippen molar-refractivity contribution >= 4 is 0 Å². The molecular formula is C25H34O3. The van der Waals surface area contributed by atoms with Crippen molar-refractivity contribution in [3.8, 4) is 11.5 Å². The van der Waals surface area contributed by atoms with E-state index in [4.69, 9.17) is 14.2 Å². The minimum atomic E-state index is 0.539. The molecule has 152 valence electrons. The normalized spacial score (nSPS) is 14.0. The average Bonchev–Trinajstić information content (AvgIpc) is 2.90. The number of rotatable bonds is 10. The van der Waals surface area contributed by atoms with E-state index in [0.717, 1.165) is 42.7 Å². The maximum absolute atomic E-state index is 5.80. The van der Waals surface area contributed by atoms with E-state index in [1.807, 2.05) is 24.3 Å². The van der Waals surface area contributed by atoms with E-state index in [1.165, 1.54) is 16.7 Å². The minimum Gasteiger partial charge on any atom is -0.485 e. The topological polar surface area (TPSA) is 27.7 Å². The van der Waals surface area contributed by atoms with Gasteiger partial charge in [0.1, 0.15) is 6.61 Å². The van der Waals surface area contributed by atoms with Crippen molar-refractivity contribution < 1.29 is 14.2 Å². The van der Waals surface area contributed by atoms with Gasteiger partial charge < -0.3 is 14.2 Å². The molecule has 28 heavy (non-hydrogen) atoms. The molecule has 1 aromatic rings. The van der Waals surface area contributed by atoms with E-state index in [2.05, 4.69) is 45.9 Å². The van der Waals surface area contributed by atoms with Gasteiger partial charge in [-0.1, -0.05) is 41.0 Å². The first-order chi connectivity index (χ1) is 13.5. The fraction of sp³-hybridized carbons (Fsp3) is 0.440. The number of fused-ring (bicyclic) bond motifs is 1. The molecule has 0 aromatic heterocycles. The summed E-state index contributed by atoms with van der Waals surface area (Å²) in [6, 6.07) is 5.94. The lowest BCUT2D eigenvalue weighted by atomic mass is 10.1. The van der Waals surface area contributed by atoms with E-state index in [9.17, 15) is 0 Å². The molecule has 0 saturated carbocycles. The maximum Gasteiger partial charge on any atom is 0.168 e. The number of benzene rings is 1. The Morgan fingerprint density at radius 1 is 0.964 bits per heavy atom. The van der Waals surface area contributed by atoms with Gasteiger partial charge in [-0.3, -0.25) is 0 Å². The van der Waals surface area contributed by atoms with Gasteiger partial charge in [0, 0.05) is 0 Å². The summed E-state index contributed by atoms with van der Waals surface area (Å²) in [5, 5.41) is 0. The van der Waals surface area contributed by atoms with Crippen LogP contribution in [-0.2, 0) is 11.3 Å². The lowest BCUT2D eigenvalue weighted by Crippen LogP contribution is -1.96. The van der Waals surface area contributed by atoms with Crippen molar-refractivity contribution in [3.05, 3.63) is 71.0 Å². The Labute approximate surface area is 170 Å². The van der Waals surface area contributed by atoms with Crippen LogP contribution in [0.4, 0.5) is 0 Å². The molecule has 0 spiro atoms. The van der Waals surface area contributed by atoms with Crippen LogP contribution in [0.25, 0.3) is 0 Å². The fourth-order valence-electron chi connectivity index (χ4n) is 2.87. The highest BCUT2D eigenvalue weighted by molar-refractivity contribution is 5.44. The van der Waals surface area contributed by atoms with Gasteiger partial charge in [0.15, 0.2) is 11.5 Å². The third-order valence-electron chi connectivity index (χ3n) is 4.58. The van der Waals surface area contributed by atoms with Gasteiger partial charge in [-0.25, -0.2) is 0 Å². The monoisotopic (exact) mass is 382 g/mol. The highest BCUT2D eigenvalue weighted by Crippen LogP contribution is 2.30. The molecule has 0 atom stereocenters. The summed E-state index contributed by atoms with van der Waals surface area (Å²) >= 11 is 0. The Morgan fingerprint density at radius 3 is 2.50 bits per heavy atom. The lowest BCUT2D eigenvalue weighted by Gasteiger charge is -2.09. The third-order valence-corrected chi connectivity index (χ3v) is 4.58. The molecule has 0 N–H and O–H groups in total. The van der Waals surface area contributed by atoms with Crippen LogP contribution < -0.4 is 9.47 Å². The van der Waals surface area contributed by atoms with E-state index >= 15 is 0 Å². The first-order valence-electron chi connectivity index (χ1n) is 10.1. The van der Waals surface area contributed by atoms with Gasteiger partial charge in [0.2, 0.25) is 0 Å². The van der Waals surface area contributed by atoms with Gasteiger partial charge in [-0.15, -0.1) is 0 Å². The number of allylic oxidation sites excluding steroid dienone is 5. The zero-order valence-corrected chi connectivity index (χ0v) is 17.8. The van der Waals surface area contributed by atoms with Gasteiger partial charge in [0.25, 0.3) is 0 Å². The number of hydrogen-bond donors (Lipinski definition) is 0. The van der Waals surface area contributed by atoms with E-state index < -0.39 is 0 Å². The zero-order chi connectivity index (χ0) is 20.2. The van der Waals surface area contributed by atoms with E-state index in [-0.39, 0.29) is 0 Å². The maximum atomic E-state index is 5.80. The molecular weight excluding hydrogens is 348 g/mol. The number of ether oxygens (including phenoxy) is 3. The van der Waals surface area contributed by atoms with Crippen LogP contribution in [0.15, 0.2) is 65.5 Å². The van der Waals surface area contributed by atoms with Crippen LogP contribution in [0, 0.1) is 0 Å². The molecule has 3 heteroatoms. The summed E-state index contributed by atoms with van der Waals surface area (Å²) < 4.78 is 16.9. The van der Waals surface area contributed by atoms with Crippen LogP contribution in [0.2, 0.25) is 0 Å². The quantitative estimate of drug-likeness (QED) is 0.325. The summed E-state index contributed by atoms with van der Waals surface area (Å²) in [4.78, 5) is 0. The molecule has 0 fully saturated rings. The molecule has 2 rings (SSSR count). The molecule has 1 aliphatic rings. The average molecular weight is 383 g/mol. The standard InChI is InChI=1S/C25H34O3/c1-20(2)8-5-9-21(3)10-6-11-22(4)14-17-26-19-23-12-13-24-25(18-23)28-16-7-15-27-24/h7-8,10,12-14,16,18H,5-6,9,11,15,17,19H2,1-4H3/b21-10+,22-14+. The number of hydrogen-bond acceptors (Lipinski definition) is 3. The minimum absolute atomic E-state index is 0.539. The summed E-state index contributed by atoms with van der Waals surface area (Å²) in [6.07, 6.45) is 14.8. The van der Waals surface area contributed by atoms with Crippen LogP contribution >= 0.6 is 0 Å². The molecule has 1 aromatic carbocycles. The van der Waals surface area contributed by atoms with Crippen LogP contribution in [-0.4, -0.2) is 13.2 Å². The van der Waals surface area contributed by atoms with Gasteiger partial charge in [-0.05, 0) is 77.2 Å². The molecule has 1 heterocycles. The van der Waals surface area contributed by atoms with Crippen LogP contribution in [0.1, 0.15) is 58.9 Å². The zero-order valence-electron chi connectivity index (χ0n) is 17.8. The summed E-state index contributed by atoms with van der Waals surface area (Å²) in [6.45, 7) is 10.4.